The first kappa shape index (κ1) is 14.0. The van der Waals surface area contributed by atoms with Crippen molar-refractivity contribution in [1.82, 2.24) is 0 Å². The molecule has 104 valence electrons. The van der Waals surface area contributed by atoms with Crippen LogP contribution in [0.1, 0.15) is 59.3 Å². The van der Waals surface area contributed by atoms with Crippen LogP contribution in [0.4, 0.5) is 0 Å². The SMILES string of the molecule is CC(C)(O)C1CCC2(C)CCCC2(CO)C(=O)C1. The van der Waals surface area contributed by atoms with Crippen molar-refractivity contribution in [3.63, 3.8) is 0 Å². The summed E-state index contributed by atoms with van der Waals surface area (Å²) in [5.41, 5.74) is -1.41. The lowest BCUT2D eigenvalue weighted by Gasteiger charge is -2.40. The van der Waals surface area contributed by atoms with E-state index in [1.165, 1.54) is 0 Å². The monoisotopic (exact) mass is 254 g/mol. The Hall–Kier alpha value is -0.410. The number of carbonyl (C=O) groups excluding carboxylic acids is 1. The van der Waals surface area contributed by atoms with Crippen molar-refractivity contribution in [1.29, 1.82) is 0 Å². The van der Waals surface area contributed by atoms with E-state index < -0.39 is 11.0 Å². The van der Waals surface area contributed by atoms with E-state index in [0.29, 0.717) is 6.42 Å². The summed E-state index contributed by atoms with van der Waals surface area (Å²) in [6.07, 6.45) is 5.12. The molecule has 3 nitrogen and oxygen atoms in total. The molecule has 0 aromatic heterocycles. The van der Waals surface area contributed by atoms with E-state index in [-0.39, 0.29) is 23.7 Å². The van der Waals surface area contributed by atoms with E-state index >= 15 is 0 Å². The van der Waals surface area contributed by atoms with Gasteiger partial charge in [-0.25, -0.2) is 0 Å². The van der Waals surface area contributed by atoms with Gasteiger partial charge in [0.05, 0.1) is 17.6 Å². The van der Waals surface area contributed by atoms with Gasteiger partial charge in [0.2, 0.25) is 0 Å². The Balaban J connectivity index is 2.33. The summed E-state index contributed by atoms with van der Waals surface area (Å²) in [6.45, 7) is 5.71. The van der Waals surface area contributed by atoms with Gasteiger partial charge in [-0.2, -0.15) is 0 Å². The van der Waals surface area contributed by atoms with Crippen LogP contribution in [-0.2, 0) is 4.79 Å². The van der Waals surface area contributed by atoms with Crippen molar-refractivity contribution in [2.24, 2.45) is 16.7 Å². The summed E-state index contributed by atoms with van der Waals surface area (Å²) in [6, 6.07) is 0. The fourth-order valence-corrected chi connectivity index (χ4v) is 4.14. The van der Waals surface area contributed by atoms with Gasteiger partial charge in [-0.3, -0.25) is 4.79 Å². The quantitative estimate of drug-likeness (QED) is 0.795. The van der Waals surface area contributed by atoms with Gasteiger partial charge in [-0.05, 0) is 50.9 Å². The lowest BCUT2D eigenvalue weighted by Crippen LogP contribution is -2.44. The molecular formula is C15H26O3. The van der Waals surface area contributed by atoms with Crippen LogP contribution in [0.3, 0.4) is 0 Å². The maximum absolute atomic E-state index is 12.6. The molecule has 2 fully saturated rings. The maximum Gasteiger partial charge on any atom is 0.142 e. The molecule has 3 unspecified atom stereocenters. The number of hydrogen-bond acceptors (Lipinski definition) is 3. The minimum atomic E-state index is -0.804. The van der Waals surface area contributed by atoms with Crippen LogP contribution in [0.15, 0.2) is 0 Å². The zero-order chi connectivity index (χ0) is 13.6. The Morgan fingerprint density at radius 2 is 2.00 bits per heavy atom. The van der Waals surface area contributed by atoms with E-state index in [0.717, 1.165) is 32.1 Å². The molecule has 2 N–H and O–H groups in total. The third-order valence-electron chi connectivity index (χ3n) is 5.77. The Bertz CT molecular complexity index is 344. The largest absolute Gasteiger partial charge is 0.395 e. The van der Waals surface area contributed by atoms with Crippen molar-refractivity contribution in [2.75, 3.05) is 6.61 Å². The molecule has 0 aromatic rings. The molecule has 2 aliphatic rings. The summed E-state index contributed by atoms with van der Waals surface area (Å²) < 4.78 is 0. The molecule has 0 bridgehead atoms. The molecule has 2 rings (SSSR count). The molecule has 0 spiro atoms. The number of fused-ring (bicyclic) bond motifs is 1. The molecule has 3 heteroatoms. The number of carbonyl (C=O) groups is 1. The van der Waals surface area contributed by atoms with Gasteiger partial charge in [0.1, 0.15) is 5.78 Å². The van der Waals surface area contributed by atoms with Gasteiger partial charge in [0, 0.05) is 6.42 Å². The molecule has 0 aliphatic heterocycles. The summed E-state index contributed by atoms with van der Waals surface area (Å²) in [7, 11) is 0. The lowest BCUT2D eigenvalue weighted by atomic mass is 9.63. The minimum absolute atomic E-state index is 0.0239. The first-order valence-electron chi connectivity index (χ1n) is 7.12. The Morgan fingerprint density at radius 3 is 2.56 bits per heavy atom. The van der Waals surface area contributed by atoms with Crippen molar-refractivity contribution in [3.8, 4) is 0 Å². The summed E-state index contributed by atoms with van der Waals surface area (Å²) in [5, 5.41) is 20.0. The van der Waals surface area contributed by atoms with E-state index in [1.54, 1.807) is 13.8 Å². The second-order valence-corrected chi connectivity index (χ2v) is 7.17. The van der Waals surface area contributed by atoms with Crippen LogP contribution in [0, 0.1) is 16.7 Å². The van der Waals surface area contributed by atoms with Gasteiger partial charge in [-0.15, -0.1) is 0 Å². The molecule has 2 aliphatic carbocycles. The zero-order valence-electron chi connectivity index (χ0n) is 11.8. The smallest absolute Gasteiger partial charge is 0.142 e. The third-order valence-corrected chi connectivity index (χ3v) is 5.77. The second kappa shape index (κ2) is 4.31. The zero-order valence-corrected chi connectivity index (χ0v) is 11.8. The molecule has 2 saturated carbocycles. The fraction of sp³-hybridized carbons (Fsp3) is 0.933. The average Bonchev–Trinajstić information content (AvgIpc) is 2.56. The van der Waals surface area contributed by atoms with Gasteiger partial charge >= 0.3 is 0 Å². The highest BCUT2D eigenvalue weighted by molar-refractivity contribution is 5.87. The number of ketones is 1. The van der Waals surface area contributed by atoms with Crippen LogP contribution in [0.2, 0.25) is 0 Å². The molecular weight excluding hydrogens is 228 g/mol. The summed E-state index contributed by atoms with van der Waals surface area (Å²) in [5.74, 6) is 0.200. The van der Waals surface area contributed by atoms with Gasteiger partial charge in [-0.1, -0.05) is 13.3 Å². The van der Waals surface area contributed by atoms with Gasteiger partial charge < -0.3 is 10.2 Å². The predicted octanol–water partition coefficient (Wildman–Crippen LogP) is 2.30. The first-order valence-corrected chi connectivity index (χ1v) is 7.12. The van der Waals surface area contributed by atoms with E-state index in [1.807, 2.05) is 0 Å². The Morgan fingerprint density at radius 1 is 1.33 bits per heavy atom. The fourth-order valence-electron chi connectivity index (χ4n) is 4.14. The van der Waals surface area contributed by atoms with Crippen LogP contribution in [0.5, 0.6) is 0 Å². The summed E-state index contributed by atoms with van der Waals surface area (Å²) >= 11 is 0. The summed E-state index contributed by atoms with van der Waals surface area (Å²) in [4.78, 5) is 12.6. The van der Waals surface area contributed by atoms with Crippen LogP contribution < -0.4 is 0 Å². The Labute approximate surface area is 110 Å². The highest BCUT2D eigenvalue weighted by atomic mass is 16.3. The molecule has 0 aromatic carbocycles. The van der Waals surface area contributed by atoms with Crippen LogP contribution >= 0.6 is 0 Å². The highest BCUT2D eigenvalue weighted by Crippen LogP contribution is 2.59. The highest BCUT2D eigenvalue weighted by Gasteiger charge is 2.57. The average molecular weight is 254 g/mol. The maximum atomic E-state index is 12.6. The first-order chi connectivity index (χ1) is 8.25. The van der Waals surface area contributed by atoms with Gasteiger partial charge in [0.15, 0.2) is 0 Å². The number of Topliss-reactive ketones (excluding diaryl/α,β-unsaturated/α-hetero) is 1. The number of hydrogen-bond donors (Lipinski definition) is 2. The van der Waals surface area contributed by atoms with Gasteiger partial charge in [0.25, 0.3) is 0 Å². The topological polar surface area (TPSA) is 57.5 Å². The van der Waals surface area contributed by atoms with E-state index in [2.05, 4.69) is 6.92 Å². The van der Waals surface area contributed by atoms with Crippen molar-refractivity contribution in [3.05, 3.63) is 0 Å². The van der Waals surface area contributed by atoms with Crippen LogP contribution in [-0.4, -0.2) is 28.2 Å². The standard InChI is InChI=1S/C15H26O3/c1-13(2,18)11-5-8-14(3)6-4-7-15(14,10-16)12(17)9-11/h11,16,18H,4-10H2,1-3H3. The molecule has 0 heterocycles. The molecule has 0 saturated heterocycles. The predicted molar refractivity (Wildman–Crippen MR) is 70.1 cm³/mol. The van der Waals surface area contributed by atoms with Crippen molar-refractivity contribution < 1.29 is 15.0 Å². The molecule has 18 heavy (non-hydrogen) atoms. The molecule has 0 amide bonds. The van der Waals surface area contributed by atoms with Crippen LogP contribution in [0.25, 0.3) is 0 Å². The van der Waals surface area contributed by atoms with E-state index in [4.69, 9.17) is 0 Å². The number of aliphatic hydroxyl groups excluding tert-OH is 1. The molecule has 0 radical (unpaired) electrons. The third kappa shape index (κ3) is 1.92. The normalized spacial score (nSPS) is 41.6. The molecule has 3 atom stereocenters. The van der Waals surface area contributed by atoms with Crippen molar-refractivity contribution in [2.45, 2.75) is 64.9 Å². The second-order valence-electron chi connectivity index (χ2n) is 7.17. The van der Waals surface area contributed by atoms with Crippen molar-refractivity contribution >= 4 is 5.78 Å². The van der Waals surface area contributed by atoms with E-state index in [9.17, 15) is 15.0 Å². The number of aliphatic hydroxyl groups is 2. The lowest BCUT2D eigenvalue weighted by molar-refractivity contribution is -0.138. The minimum Gasteiger partial charge on any atom is -0.395 e. The number of rotatable bonds is 2. The Kier molecular flexibility index (Phi) is 3.35.